The predicted molar refractivity (Wildman–Crippen MR) is 45.7 cm³/mol. The average molecular weight is 377 g/mol. The van der Waals surface area contributed by atoms with E-state index in [4.69, 9.17) is 4.95 Å². The molecule has 0 saturated carbocycles. The van der Waals surface area contributed by atoms with Crippen molar-refractivity contribution < 1.29 is 9.51 Å². The normalized spacial score (nSPS) is 20.0. The van der Waals surface area contributed by atoms with Crippen LogP contribution in [0.2, 0.25) is 0 Å². The van der Waals surface area contributed by atoms with Crippen molar-refractivity contribution in [3.63, 3.8) is 0 Å². The van der Waals surface area contributed by atoms with Crippen LogP contribution in [0.25, 0.3) is 0 Å². The van der Waals surface area contributed by atoms with E-state index in [1.807, 2.05) is 30.3 Å². The third-order valence-corrected chi connectivity index (χ3v) is 11.3. The van der Waals surface area contributed by atoms with Crippen LogP contribution in [0.4, 0.5) is 0 Å². The summed E-state index contributed by atoms with van der Waals surface area (Å²) in [4.78, 5) is 0. The van der Waals surface area contributed by atoms with Gasteiger partial charge in [0, 0.05) is 0 Å². The molecule has 0 atom stereocenters. The maximum atomic E-state index is 11.4. The molecule has 0 bridgehead atoms. The summed E-state index contributed by atoms with van der Waals surface area (Å²) in [6.07, 6.45) is 0.431. The summed E-state index contributed by atoms with van der Waals surface area (Å²) >= 11 is -1.30. The first-order valence-electron chi connectivity index (χ1n) is 3.54. The second-order valence-corrected chi connectivity index (χ2v) is 9.33. The monoisotopic (exact) mass is 378 g/mol. The van der Waals surface area contributed by atoms with Gasteiger partial charge in [-0.15, -0.1) is 0 Å². The van der Waals surface area contributed by atoms with Crippen molar-refractivity contribution in [2.75, 3.05) is 0 Å². The Balaban J connectivity index is 2.09. The molecule has 12 heavy (non-hydrogen) atoms. The van der Waals surface area contributed by atoms with Gasteiger partial charge in [0.15, 0.2) is 0 Å². The van der Waals surface area contributed by atoms with Crippen molar-refractivity contribution in [3.8, 4) is 0 Å². The van der Waals surface area contributed by atoms with Crippen molar-refractivity contribution in [1.82, 2.24) is 0 Å². The molecule has 0 spiro atoms. The van der Waals surface area contributed by atoms with E-state index in [-0.39, 0.29) is 0 Å². The van der Waals surface area contributed by atoms with Crippen molar-refractivity contribution in [2.45, 2.75) is 6.16 Å². The van der Waals surface area contributed by atoms with Crippen molar-refractivity contribution in [3.05, 3.63) is 35.9 Å². The first-order chi connectivity index (χ1) is 5.79. The zero-order valence-electron chi connectivity index (χ0n) is 6.27. The van der Waals surface area contributed by atoms with E-state index in [0.29, 0.717) is 6.16 Å². The summed E-state index contributed by atoms with van der Waals surface area (Å²) in [7, 11) is -2.63. The van der Waals surface area contributed by atoms with Gasteiger partial charge in [-0.2, -0.15) is 0 Å². The fourth-order valence-electron chi connectivity index (χ4n) is 0.992. The standard InChI is InChI=1S/C7H9O3P.Pb/c8-11(9,10)6-7-4-2-1-3-5-7;/h1-5H,6H2,(H2,8,9,10);/q;+2/p-2. The Morgan fingerprint density at radius 1 is 1.25 bits per heavy atom. The van der Waals surface area contributed by atoms with Gasteiger partial charge in [-0.1, -0.05) is 0 Å². The van der Waals surface area contributed by atoms with Crippen LogP contribution in [0.3, 0.4) is 0 Å². The minimum absolute atomic E-state index is 0.431. The molecule has 2 rings (SSSR count). The molecule has 3 nitrogen and oxygen atoms in total. The summed E-state index contributed by atoms with van der Waals surface area (Å²) in [5.74, 6) is 0. The molecular formula is C7H7O3PPb. The van der Waals surface area contributed by atoms with Crippen LogP contribution < -0.4 is 0 Å². The fraction of sp³-hybridized carbons (Fsp3) is 0.143. The zero-order chi connectivity index (χ0) is 8.44. The van der Waals surface area contributed by atoms with E-state index in [1.54, 1.807) is 0 Å². The van der Waals surface area contributed by atoms with E-state index in [0.717, 1.165) is 5.56 Å². The molecule has 1 aliphatic rings. The Hall–Kier alpha value is 0.292. The Morgan fingerprint density at radius 2 is 1.92 bits per heavy atom. The molecule has 1 fully saturated rings. The first-order valence-corrected chi connectivity index (χ1v) is 8.44. The molecule has 5 heteroatoms. The molecule has 1 heterocycles. The van der Waals surface area contributed by atoms with Gasteiger partial charge in [0.05, 0.1) is 0 Å². The molecule has 1 aromatic rings. The van der Waals surface area contributed by atoms with Crippen LogP contribution in [0.15, 0.2) is 30.3 Å². The quantitative estimate of drug-likeness (QED) is 0.584. The van der Waals surface area contributed by atoms with E-state index in [9.17, 15) is 4.57 Å². The number of rotatable bonds is 2. The van der Waals surface area contributed by atoms with Gasteiger partial charge in [-0.05, 0) is 0 Å². The third-order valence-electron chi connectivity index (χ3n) is 1.57. The van der Waals surface area contributed by atoms with Crippen LogP contribution in [-0.4, -0.2) is 25.1 Å². The maximum absolute atomic E-state index is 11.4. The van der Waals surface area contributed by atoms with Gasteiger partial charge in [-0.3, -0.25) is 0 Å². The van der Waals surface area contributed by atoms with Crippen LogP contribution >= 0.6 is 7.60 Å². The van der Waals surface area contributed by atoms with E-state index in [1.165, 1.54) is 0 Å². The van der Waals surface area contributed by atoms with Crippen LogP contribution in [0.1, 0.15) is 5.56 Å². The zero-order valence-corrected chi connectivity index (χ0v) is 11.0. The van der Waals surface area contributed by atoms with Gasteiger partial charge < -0.3 is 0 Å². The third kappa shape index (κ3) is 1.96. The van der Waals surface area contributed by atoms with Crippen molar-refractivity contribution in [1.29, 1.82) is 0 Å². The Bertz CT molecular complexity index is 306. The second-order valence-electron chi connectivity index (χ2n) is 2.52. The van der Waals surface area contributed by atoms with Crippen LogP contribution in [0, 0.1) is 0 Å². The number of hydrogen-bond acceptors (Lipinski definition) is 3. The van der Waals surface area contributed by atoms with Gasteiger partial charge in [0.1, 0.15) is 0 Å². The molecule has 0 aromatic heterocycles. The Labute approximate surface area is 84.1 Å². The summed E-state index contributed by atoms with van der Waals surface area (Å²) < 4.78 is 21.5. The molecule has 2 radical (unpaired) electrons. The van der Waals surface area contributed by atoms with Gasteiger partial charge in [-0.25, -0.2) is 0 Å². The molecule has 62 valence electrons. The van der Waals surface area contributed by atoms with Gasteiger partial charge in [0.25, 0.3) is 0 Å². The average Bonchev–Trinajstić information content (AvgIpc) is 2.04. The van der Waals surface area contributed by atoms with E-state index >= 15 is 0 Å². The molecule has 0 aliphatic carbocycles. The van der Waals surface area contributed by atoms with E-state index < -0.39 is 32.7 Å². The predicted octanol–water partition coefficient (Wildman–Crippen LogP) is 1.96. The summed E-state index contributed by atoms with van der Waals surface area (Å²) in [5.41, 5.74) is 1.02. The van der Waals surface area contributed by atoms with Gasteiger partial charge in [0.2, 0.25) is 0 Å². The first kappa shape index (κ1) is 8.87. The molecule has 1 saturated heterocycles. The topological polar surface area (TPSA) is 35.5 Å². The molecule has 0 N–H and O–H groups in total. The van der Waals surface area contributed by atoms with Gasteiger partial charge >= 0.3 is 84.3 Å². The Kier molecular flexibility index (Phi) is 2.64. The summed E-state index contributed by atoms with van der Waals surface area (Å²) in [6.45, 7) is 0. The molecular weight excluding hydrogens is 370 g/mol. The second kappa shape index (κ2) is 3.57. The van der Waals surface area contributed by atoms with E-state index in [2.05, 4.69) is 0 Å². The van der Waals surface area contributed by atoms with Crippen molar-refractivity contribution >= 4 is 32.7 Å². The fourth-order valence-corrected chi connectivity index (χ4v) is 6.33. The number of benzene rings is 1. The molecule has 1 aliphatic heterocycles. The SMILES string of the molecule is O=P1(Cc2ccccc2)[O][Pb][O]1. The number of hydrogen-bond donors (Lipinski definition) is 0. The molecule has 0 amide bonds. The molecule has 1 aromatic carbocycles. The Morgan fingerprint density at radius 3 is 2.42 bits per heavy atom. The van der Waals surface area contributed by atoms with Crippen molar-refractivity contribution in [2.24, 2.45) is 0 Å². The van der Waals surface area contributed by atoms with Crippen LogP contribution in [0.5, 0.6) is 0 Å². The minimum atomic E-state index is -2.63. The molecule has 0 unspecified atom stereocenters. The van der Waals surface area contributed by atoms with Crippen LogP contribution in [-0.2, 0) is 15.7 Å². The summed E-state index contributed by atoms with van der Waals surface area (Å²) in [5, 5.41) is 0. The summed E-state index contributed by atoms with van der Waals surface area (Å²) in [6, 6.07) is 9.63.